The molecule has 4 nitrogen and oxygen atoms in total. The van der Waals surface area contributed by atoms with Gasteiger partial charge in [-0.25, -0.2) is 5.43 Å². The minimum Gasteiger partial charge on any atom is -0.506 e. The lowest BCUT2D eigenvalue weighted by Crippen LogP contribution is -2.17. The number of carbonyl (C=O) groups is 1. The number of halogens is 2. The monoisotopic (exact) mass is 518 g/mol. The molecule has 1 amide bonds. The summed E-state index contributed by atoms with van der Waals surface area (Å²) in [4.78, 5) is 14.5. The average Bonchev–Trinajstić information content (AvgIpc) is 2.67. The number of phenols is 1. The van der Waals surface area contributed by atoms with E-state index in [1.807, 2.05) is 24.3 Å². The van der Waals surface area contributed by atoms with E-state index in [0.717, 1.165) is 10.5 Å². The van der Waals surface area contributed by atoms with Gasteiger partial charge in [0.1, 0.15) is 5.75 Å². The van der Waals surface area contributed by atoms with Gasteiger partial charge in [0.15, 0.2) is 0 Å². The van der Waals surface area contributed by atoms with Gasteiger partial charge >= 0.3 is 0 Å². The van der Waals surface area contributed by atoms with Crippen molar-refractivity contribution in [2.24, 2.45) is 5.10 Å². The lowest BCUT2D eigenvalue weighted by atomic mass is 10.2. The van der Waals surface area contributed by atoms with Crippen LogP contribution in [-0.4, -0.2) is 17.2 Å². The smallest absolute Gasteiger partial charge is 0.275 e. The number of hydrazone groups is 1. The molecule has 0 fully saturated rings. The molecule has 3 aromatic carbocycles. The summed E-state index contributed by atoms with van der Waals surface area (Å²) in [5.41, 5.74) is 4.65. The van der Waals surface area contributed by atoms with Crippen LogP contribution in [0.15, 0.2) is 84.5 Å². The SMILES string of the molecule is Cc1ccc(Sc2ccc(/C=N\NC(=O)c3cc(Br)cc(Br)c3O)cc2)cc1. The first-order valence-electron chi connectivity index (χ1n) is 8.28. The zero-order valence-electron chi connectivity index (χ0n) is 14.8. The summed E-state index contributed by atoms with van der Waals surface area (Å²) in [5.74, 6) is -0.629. The van der Waals surface area contributed by atoms with Gasteiger partial charge in [-0.1, -0.05) is 57.5 Å². The van der Waals surface area contributed by atoms with Gasteiger partial charge in [-0.2, -0.15) is 5.10 Å². The van der Waals surface area contributed by atoms with Crippen LogP contribution < -0.4 is 5.43 Å². The van der Waals surface area contributed by atoms with E-state index in [0.29, 0.717) is 8.95 Å². The lowest BCUT2D eigenvalue weighted by Gasteiger charge is -2.06. The molecular formula is C21H16Br2N2O2S. The molecular weight excluding hydrogens is 504 g/mol. The maximum Gasteiger partial charge on any atom is 0.275 e. The summed E-state index contributed by atoms with van der Waals surface area (Å²) in [6.45, 7) is 2.07. The first-order chi connectivity index (χ1) is 13.4. The number of hydrogen-bond donors (Lipinski definition) is 2. The number of amides is 1. The van der Waals surface area contributed by atoms with Crippen molar-refractivity contribution in [3.63, 3.8) is 0 Å². The van der Waals surface area contributed by atoms with Crippen LogP contribution in [0.25, 0.3) is 0 Å². The second-order valence-corrected chi connectivity index (χ2v) is 8.88. The Morgan fingerprint density at radius 2 is 1.64 bits per heavy atom. The maximum absolute atomic E-state index is 12.2. The molecule has 2 N–H and O–H groups in total. The maximum atomic E-state index is 12.2. The Hall–Kier alpha value is -2.09. The Labute approximate surface area is 184 Å². The molecule has 28 heavy (non-hydrogen) atoms. The number of nitrogens with one attached hydrogen (secondary N) is 1. The molecule has 0 aromatic heterocycles. The van der Waals surface area contributed by atoms with E-state index in [1.165, 1.54) is 16.5 Å². The van der Waals surface area contributed by atoms with Gasteiger partial charge < -0.3 is 5.11 Å². The first kappa shape index (κ1) is 20.6. The Balaban J connectivity index is 1.61. The van der Waals surface area contributed by atoms with E-state index >= 15 is 0 Å². The Morgan fingerprint density at radius 3 is 2.29 bits per heavy atom. The lowest BCUT2D eigenvalue weighted by molar-refractivity contribution is 0.0952. The molecule has 7 heteroatoms. The molecule has 0 atom stereocenters. The zero-order valence-corrected chi connectivity index (χ0v) is 18.8. The Morgan fingerprint density at radius 1 is 1.04 bits per heavy atom. The fraction of sp³-hybridized carbons (Fsp3) is 0.0476. The van der Waals surface area contributed by atoms with Gasteiger partial charge in [-0.15, -0.1) is 0 Å². The molecule has 0 bridgehead atoms. The Kier molecular flexibility index (Phi) is 6.93. The van der Waals surface area contributed by atoms with Gasteiger partial charge in [0.2, 0.25) is 0 Å². The molecule has 0 spiro atoms. The second-order valence-electron chi connectivity index (χ2n) is 5.97. The molecule has 0 heterocycles. The highest BCUT2D eigenvalue weighted by molar-refractivity contribution is 9.11. The van der Waals surface area contributed by atoms with Gasteiger partial charge in [0.25, 0.3) is 5.91 Å². The van der Waals surface area contributed by atoms with Crippen molar-refractivity contribution in [3.05, 3.63) is 86.3 Å². The second kappa shape index (κ2) is 9.41. The van der Waals surface area contributed by atoms with Gasteiger partial charge in [0.05, 0.1) is 16.3 Å². The molecule has 142 valence electrons. The topological polar surface area (TPSA) is 61.7 Å². The van der Waals surface area contributed by atoms with Crippen molar-refractivity contribution in [3.8, 4) is 5.75 Å². The molecule has 3 rings (SSSR count). The van der Waals surface area contributed by atoms with Gasteiger partial charge in [0, 0.05) is 14.3 Å². The van der Waals surface area contributed by atoms with Crippen LogP contribution in [-0.2, 0) is 0 Å². The highest BCUT2D eigenvalue weighted by Crippen LogP contribution is 2.31. The molecule has 0 aliphatic heterocycles. The third-order valence-electron chi connectivity index (χ3n) is 3.79. The number of rotatable bonds is 5. The van der Waals surface area contributed by atoms with E-state index in [4.69, 9.17) is 0 Å². The Bertz CT molecular complexity index is 1020. The summed E-state index contributed by atoms with van der Waals surface area (Å²) >= 11 is 8.18. The summed E-state index contributed by atoms with van der Waals surface area (Å²) in [5, 5.41) is 14.0. The first-order valence-corrected chi connectivity index (χ1v) is 10.7. The third-order valence-corrected chi connectivity index (χ3v) is 5.87. The number of hydrogen-bond acceptors (Lipinski definition) is 4. The number of benzene rings is 3. The number of aromatic hydroxyl groups is 1. The fourth-order valence-electron chi connectivity index (χ4n) is 2.33. The van der Waals surface area contributed by atoms with E-state index < -0.39 is 5.91 Å². The number of phenolic OH excluding ortho intramolecular Hbond substituents is 1. The fourth-order valence-corrected chi connectivity index (χ4v) is 4.37. The molecule has 0 saturated carbocycles. The molecule has 3 aromatic rings. The highest BCUT2D eigenvalue weighted by Gasteiger charge is 2.14. The molecule has 0 unspecified atom stereocenters. The van der Waals surface area contributed by atoms with Crippen LogP contribution >= 0.6 is 43.6 Å². The predicted octanol–water partition coefficient (Wildman–Crippen LogP) is 6.14. The molecule has 0 saturated heterocycles. The normalized spacial score (nSPS) is 11.0. The molecule has 0 aliphatic carbocycles. The molecule has 0 radical (unpaired) electrons. The van der Waals surface area contributed by atoms with E-state index in [2.05, 4.69) is 73.6 Å². The van der Waals surface area contributed by atoms with Crippen LogP contribution in [0.1, 0.15) is 21.5 Å². The van der Waals surface area contributed by atoms with Crippen LogP contribution in [0.2, 0.25) is 0 Å². The van der Waals surface area contributed by atoms with Crippen LogP contribution in [0.5, 0.6) is 5.75 Å². The minimum atomic E-state index is -0.498. The third kappa shape index (κ3) is 5.47. The summed E-state index contributed by atoms with van der Waals surface area (Å²) < 4.78 is 1.10. The summed E-state index contributed by atoms with van der Waals surface area (Å²) in [7, 11) is 0. The van der Waals surface area contributed by atoms with Crippen LogP contribution in [0.4, 0.5) is 0 Å². The molecule has 0 aliphatic rings. The van der Waals surface area contributed by atoms with Gasteiger partial charge in [-0.3, -0.25) is 4.79 Å². The van der Waals surface area contributed by atoms with Crippen molar-refractivity contribution in [2.45, 2.75) is 16.7 Å². The average molecular weight is 520 g/mol. The minimum absolute atomic E-state index is 0.128. The van der Waals surface area contributed by atoms with E-state index in [1.54, 1.807) is 24.0 Å². The predicted molar refractivity (Wildman–Crippen MR) is 120 cm³/mol. The largest absolute Gasteiger partial charge is 0.506 e. The van der Waals surface area contributed by atoms with Crippen molar-refractivity contribution in [1.82, 2.24) is 5.43 Å². The van der Waals surface area contributed by atoms with Crippen molar-refractivity contribution in [1.29, 1.82) is 0 Å². The van der Waals surface area contributed by atoms with Gasteiger partial charge in [-0.05, 0) is 64.8 Å². The van der Waals surface area contributed by atoms with E-state index in [9.17, 15) is 9.90 Å². The quantitative estimate of drug-likeness (QED) is 0.314. The standard InChI is InChI=1S/C21H16Br2N2O2S/c1-13-2-6-16(7-3-13)28-17-8-4-14(5-9-17)12-24-25-21(27)18-10-15(22)11-19(23)20(18)26/h2-12,26H,1H3,(H,25,27)/b24-12-. The number of aryl methyl sites for hydroxylation is 1. The zero-order chi connectivity index (χ0) is 20.1. The van der Waals surface area contributed by atoms with Crippen LogP contribution in [0, 0.1) is 6.92 Å². The van der Waals surface area contributed by atoms with Crippen molar-refractivity contribution < 1.29 is 9.90 Å². The van der Waals surface area contributed by atoms with Crippen molar-refractivity contribution >= 4 is 55.7 Å². The number of carbonyl (C=O) groups excluding carboxylic acids is 1. The van der Waals surface area contributed by atoms with E-state index in [-0.39, 0.29) is 11.3 Å². The highest BCUT2D eigenvalue weighted by atomic mass is 79.9. The summed E-state index contributed by atoms with van der Waals surface area (Å²) in [6, 6.07) is 19.4. The van der Waals surface area contributed by atoms with Crippen LogP contribution in [0.3, 0.4) is 0 Å². The summed E-state index contributed by atoms with van der Waals surface area (Å²) in [6.07, 6.45) is 1.56. The van der Waals surface area contributed by atoms with Crippen molar-refractivity contribution in [2.75, 3.05) is 0 Å². The number of nitrogens with zero attached hydrogens (tertiary/aromatic N) is 1.